The molecule has 0 bridgehead atoms. The highest BCUT2D eigenvalue weighted by Gasteiger charge is 2.26. The molecule has 0 nitrogen and oxygen atoms in total. The molecule has 0 saturated heterocycles. The Kier molecular flexibility index (Phi) is 6.13. The first-order valence-electron chi connectivity index (χ1n) is 11.4. The predicted molar refractivity (Wildman–Crippen MR) is 129 cm³/mol. The zero-order valence-electron chi connectivity index (χ0n) is 19.9. The van der Waals surface area contributed by atoms with E-state index in [0.29, 0.717) is 0 Å². The molecule has 2 aromatic carbocycles. The largest absolute Gasteiger partial charge is 0.0651 e. The van der Waals surface area contributed by atoms with Crippen LogP contribution in [0.15, 0.2) is 42.0 Å². The van der Waals surface area contributed by atoms with Crippen molar-refractivity contribution in [1.82, 2.24) is 0 Å². The van der Waals surface area contributed by atoms with Gasteiger partial charge in [0.15, 0.2) is 0 Å². The van der Waals surface area contributed by atoms with E-state index in [9.17, 15) is 0 Å². The third-order valence-electron chi connectivity index (χ3n) is 6.11. The normalized spacial score (nSPS) is 14.5. The van der Waals surface area contributed by atoms with Gasteiger partial charge in [0.05, 0.1) is 0 Å². The number of fused-ring (bicyclic) bond motifs is 1. The van der Waals surface area contributed by atoms with Crippen molar-refractivity contribution in [3.05, 3.63) is 70.6 Å². The highest BCUT2D eigenvalue weighted by Crippen LogP contribution is 2.45. The predicted octanol–water partition coefficient (Wildman–Crippen LogP) is 8.87. The van der Waals surface area contributed by atoms with Gasteiger partial charge in [-0.2, -0.15) is 0 Å². The summed E-state index contributed by atoms with van der Waals surface area (Å²) in [5.41, 5.74) is 11.9. The smallest absolute Gasteiger partial charge is 0.0167 e. The molecule has 3 rings (SSSR count). The Morgan fingerprint density at radius 3 is 1.83 bits per heavy atom. The lowest BCUT2D eigenvalue weighted by molar-refractivity contribution is 0.569. The molecule has 0 aliphatic heterocycles. The molecule has 0 atom stereocenters. The van der Waals surface area contributed by atoms with Crippen LogP contribution in [0.1, 0.15) is 103 Å². The maximum atomic E-state index is 2.45. The van der Waals surface area contributed by atoms with Crippen LogP contribution < -0.4 is 0 Å². The van der Waals surface area contributed by atoms with Gasteiger partial charge in [-0.15, -0.1) is 0 Å². The van der Waals surface area contributed by atoms with Crippen molar-refractivity contribution in [1.29, 1.82) is 0 Å². The summed E-state index contributed by atoms with van der Waals surface area (Å²) in [5.74, 6) is 0. The minimum Gasteiger partial charge on any atom is -0.0651 e. The van der Waals surface area contributed by atoms with Gasteiger partial charge in [0.25, 0.3) is 0 Å². The Morgan fingerprint density at radius 2 is 1.31 bits per heavy atom. The standard InChI is InChI=1S/C29H39/c1-9-12-20-16-21-14-11-15-26(27(21)25(20)13-10-2)22-17-23(28(3,4)5)19-24(18-22)29(6,7)8/h11,14-19H,9-10,12-13H2,1-8H3. The Hall–Kier alpha value is -1.82. The van der Waals surface area contributed by atoms with Crippen molar-refractivity contribution in [3.8, 4) is 11.1 Å². The zero-order chi connectivity index (χ0) is 21.4. The van der Waals surface area contributed by atoms with Gasteiger partial charge < -0.3 is 0 Å². The molecule has 29 heavy (non-hydrogen) atoms. The second-order valence-corrected chi connectivity index (χ2v) is 10.7. The van der Waals surface area contributed by atoms with E-state index in [1.165, 1.54) is 59.1 Å². The summed E-state index contributed by atoms with van der Waals surface area (Å²) < 4.78 is 0. The third kappa shape index (κ3) is 4.52. The number of rotatable bonds is 5. The molecule has 1 aliphatic rings. The molecule has 0 unspecified atom stereocenters. The number of hydrogen-bond acceptors (Lipinski definition) is 0. The van der Waals surface area contributed by atoms with E-state index in [0.717, 1.165) is 0 Å². The van der Waals surface area contributed by atoms with Crippen LogP contribution in [0.5, 0.6) is 0 Å². The molecular weight excluding hydrogens is 348 g/mol. The fourth-order valence-corrected chi connectivity index (χ4v) is 4.38. The maximum absolute atomic E-state index is 2.45. The van der Waals surface area contributed by atoms with Gasteiger partial charge in [-0.1, -0.05) is 110 Å². The SMILES string of the molecule is CCCC1=C(CCC)c2c(cccc2-c2cc(C(C)(C)C)cc(C(C)(C)C)c2)[CH]1. The van der Waals surface area contributed by atoms with Crippen molar-refractivity contribution in [2.75, 3.05) is 0 Å². The van der Waals surface area contributed by atoms with Crippen LogP contribution >= 0.6 is 0 Å². The van der Waals surface area contributed by atoms with E-state index in [1.54, 1.807) is 11.1 Å². The third-order valence-corrected chi connectivity index (χ3v) is 6.11. The summed E-state index contributed by atoms with van der Waals surface area (Å²) >= 11 is 0. The molecule has 1 radical (unpaired) electrons. The lowest BCUT2D eigenvalue weighted by atomic mass is 9.78. The van der Waals surface area contributed by atoms with Crippen LogP contribution in [-0.2, 0) is 10.8 Å². The molecule has 0 amide bonds. The van der Waals surface area contributed by atoms with Crippen LogP contribution in [0.4, 0.5) is 0 Å². The Bertz CT molecular complexity index is 878. The Labute approximate surface area is 179 Å². The van der Waals surface area contributed by atoms with Crippen LogP contribution in [0.2, 0.25) is 0 Å². The maximum Gasteiger partial charge on any atom is 0.0167 e. The van der Waals surface area contributed by atoms with Gasteiger partial charge in [0.2, 0.25) is 0 Å². The van der Waals surface area contributed by atoms with Crippen molar-refractivity contribution >= 4 is 5.57 Å². The quantitative estimate of drug-likeness (QED) is 0.480. The average Bonchev–Trinajstić information content (AvgIpc) is 2.98. The minimum atomic E-state index is 0.134. The first-order valence-corrected chi connectivity index (χ1v) is 11.4. The van der Waals surface area contributed by atoms with Crippen LogP contribution in [-0.4, -0.2) is 0 Å². The van der Waals surface area contributed by atoms with Crippen molar-refractivity contribution in [2.24, 2.45) is 0 Å². The molecular formula is C29H39. The van der Waals surface area contributed by atoms with Gasteiger partial charge in [-0.05, 0) is 62.6 Å². The summed E-state index contributed by atoms with van der Waals surface area (Å²) in [6.45, 7) is 18.5. The summed E-state index contributed by atoms with van der Waals surface area (Å²) in [5, 5.41) is 0. The summed E-state index contributed by atoms with van der Waals surface area (Å²) in [4.78, 5) is 0. The van der Waals surface area contributed by atoms with E-state index < -0.39 is 0 Å². The Balaban J connectivity index is 2.25. The van der Waals surface area contributed by atoms with Crippen LogP contribution in [0.3, 0.4) is 0 Å². The molecule has 155 valence electrons. The minimum absolute atomic E-state index is 0.134. The summed E-state index contributed by atoms with van der Waals surface area (Å²) in [6.07, 6.45) is 7.20. The number of benzene rings is 2. The van der Waals surface area contributed by atoms with E-state index in [-0.39, 0.29) is 10.8 Å². The highest BCUT2D eigenvalue weighted by molar-refractivity contribution is 5.90. The molecule has 0 saturated carbocycles. The van der Waals surface area contributed by atoms with Gasteiger partial charge in [-0.25, -0.2) is 0 Å². The molecule has 0 N–H and O–H groups in total. The lowest BCUT2D eigenvalue weighted by Crippen LogP contribution is -2.16. The summed E-state index contributed by atoms with van der Waals surface area (Å²) in [6, 6.07) is 14.2. The topological polar surface area (TPSA) is 0 Å². The Morgan fingerprint density at radius 1 is 0.724 bits per heavy atom. The number of allylic oxidation sites excluding steroid dienone is 2. The van der Waals surface area contributed by atoms with Gasteiger partial charge in [0, 0.05) is 6.42 Å². The molecule has 2 aromatic rings. The second-order valence-electron chi connectivity index (χ2n) is 10.7. The molecule has 1 aliphatic carbocycles. The first kappa shape index (κ1) is 21.9. The van der Waals surface area contributed by atoms with Crippen molar-refractivity contribution < 1.29 is 0 Å². The fraction of sp³-hybridized carbons (Fsp3) is 0.483. The highest BCUT2D eigenvalue weighted by atomic mass is 14.3. The van der Waals surface area contributed by atoms with Crippen LogP contribution in [0.25, 0.3) is 16.7 Å². The van der Waals surface area contributed by atoms with Gasteiger partial charge in [0.1, 0.15) is 0 Å². The fourth-order valence-electron chi connectivity index (χ4n) is 4.38. The van der Waals surface area contributed by atoms with E-state index in [2.05, 4.69) is 98.2 Å². The molecule has 0 spiro atoms. The molecule has 0 heteroatoms. The molecule has 0 heterocycles. The van der Waals surface area contributed by atoms with Crippen molar-refractivity contribution in [2.45, 2.75) is 91.9 Å². The molecule has 0 aromatic heterocycles. The molecule has 0 fully saturated rings. The van der Waals surface area contributed by atoms with Crippen LogP contribution in [0, 0.1) is 6.42 Å². The monoisotopic (exact) mass is 387 g/mol. The zero-order valence-corrected chi connectivity index (χ0v) is 19.9. The van der Waals surface area contributed by atoms with Gasteiger partial charge in [-0.3, -0.25) is 0 Å². The average molecular weight is 388 g/mol. The summed E-state index contributed by atoms with van der Waals surface area (Å²) in [7, 11) is 0. The van der Waals surface area contributed by atoms with Gasteiger partial charge >= 0.3 is 0 Å². The van der Waals surface area contributed by atoms with E-state index >= 15 is 0 Å². The number of hydrogen-bond donors (Lipinski definition) is 0. The lowest BCUT2D eigenvalue weighted by Gasteiger charge is -2.27. The van der Waals surface area contributed by atoms with Crippen molar-refractivity contribution in [3.63, 3.8) is 0 Å². The second kappa shape index (κ2) is 8.13. The van der Waals surface area contributed by atoms with E-state index in [4.69, 9.17) is 0 Å². The first-order chi connectivity index (χ1) is 13.6. The van der Waals surface area contributed by atoms with E-state index in [1.807, 2.05) is 0 Å².